The third-order valence-electron chi connectivity index (χ3n) is 6.98. The number of methoxy groups -OCH3 is 2. The molecule has 0 atom stereocenters. The average Bonchev–Trinajstić information content (AvgIpc) is 3.31. The van der Waals surface area contributed by atoms with Crippen molar-refractivity contribution in [2.45, 2.75) is 19.3 Å². The van der Waals surface area contributed by atoms with Gasteiger partial charge in [-0.05, 0) is 42.9 Å². The van der Waals surface area contributed by atoms with Crippen LogP contribution >= 0.6 is 0 Å². The second-order valence-corrected chi connectivity index (χ2v) is 9.11. The molecule has 0 aromatic heterocycles. The Kier molecular flexibility index (Phi) is 7.09. The predicted octanol–water partition coefficient (Wildman–Crippen LogP) is 3.55. The van der Waals surface area contributed by atoms with Crippen LogP contribution < -0.4 is 10.1 Å². The highest BCUT2D eigenvalue weighted by atomic mass is 16.6. The van der Waals surface area contributed by atoms with E-state index in [4.69, 9.17) is 4.74 Å². The minimum absolute atomic E-state index is 0.0432. The molecule has 0 bridgehead atoms. The van der Waals surface area contributed by atoms with Gasteiger partial charge in [0.25, 0.3) is 11.6 Å². The van der Waals surface area contributed by atoms with E-state index in [1.165, 1.54) is 19.2 Å². The maximum atomic E-state index is 13.2. The normalized spacial score (nSPS) is 16.5. The van der Waals surface area contributed by atoms with Gasteiger partial charge in [0.05, 0.1) is 30.4 Å². The highest BCUT2D eigenvalue weighted by Crippen LogP contribution is 2.41. The molecule has 2 aliphatic heterocycles. The molecule has 1 spiro atoms. The number of esters is 1. The second-order valence-electron chi connectivity index (χ2n) is 9.11. The SMILES string of the molecule is COC(=O)c1cc(C(=O)N2CCC3(CCN(C(=O)Nc4ccccc4OC)CC3)C2)cc([N+](=O)[O-])c1. The molecular formula is C25H28N4O7. The fraction of sp³-hybridized carbons (Fsp3) is 0.400. The lowest BCUT2D eigenvalue weighted by Crippen LogP contribution is -2.46. The number of hydrogen-bond acceptors (Lipinski definition) is 7. The van der Waals surface area contributed by atoms with Crippen molar-refractivity contribution in [1.82, 2.24) is 9.80 Å². The van der Waals surface area contributed by atoms with Crippen molar-refractivity contribution in [3.05, 3.63) is 63.7 Å². The number of piperidine rings is 1. The summed E-state index contributed by atoms with van der Waals surface area (Å²) in [5.41, 5.74) is 0.173. The van der Waals surface area contributed by atoms with Gasteiger partial charge in [-0.15, -0.1) is 0 Å². The molecule has 36 heavy (non-hydrogen) atoms. The minimum Gasteiger partial charge on any atom is -0.495 e. The maximum absolute atomic E-state index is 13.2. The number of amides is 3. The molecule has 2 saturated heterocycles. The maximum Gasteiger partial charge on any atom is 0.338 e. The van der Waals surface area contributed by atoms with Gasteiger partial charge in [-0.1, -0.05) is 12.1 Å². The molecule has 190 valence electrons. The fourth-order valence-electron chi connectivity index (χ4n) is 4.90. The monoisotopic (exact) mass is 496 g/mol. The van der Waals surface area contributed by atoms with Crippen LogP contribution in [-0.4, -0.2) is 73.0 Å². The van der Waals surface area contributed by atoms with E-state index in [1.54, 1.807) is 29.0 Å². The quantitative estimate of drug-likeness (QED) is 0.380. The Hall–Kier alpha value is -4.15. The van der Waals surface area contributed by atoms with Gasteiger partial charge in [0, 0.05) is 43.9 Å². The molecule has 2 aromatic rings. The van der Waals surface area contributed by atoms with Gasteiger partial charge in [-0.3, -0.25) is 14.9 Å². The van der Waals surface area contributed by atoms with Gasteiger partial charge < -0.3 is 24.6 Å². The largest absolute Gasteiger partial charge is 0.495 e. The van der Waals surface area contributed by atoms with Crippen molar-refractivity contribution in [2.75, 3.05) is 45.7 Å². The van der Waals surface area contributed by atoms with E-state index in [0.29, 0.717) is 37.6 Å². The van der Waals surface area contributed by atoms with Crippen molar-refractivity contribution < 1.29 is 28.8 Å². The van der Waals surface area contributed by atoms with E-state index in [2.05, 4.69) is 10.1 Å². The Morgan fingerprint density at radius 1 is 0.972 bits per heavy atom. The second kappa shape index (κ2) is 10.2. The smallest absolute Gasteiger partial charge is 0.338 e. The average molecular weight is 497 g/mol. The molecule has 11 nitrogen and oxygen atoms in total. The molecule has 0 aliphatic carbocycles. The number of nitro groups is 1. The topological polar surface area (TPSA) is 131 Å². The highest BCUT2D eigenvalue weighted by molar-refractivity contribution is 5.99. The number of benzene rings is 2. The summed E-state index contributed by atoms with van der Waals surface area (Å²) in [6.45, 7) is 2.09. The summed E-state index contributed by atoms with van der Waals surface area (Å²) < 4.78 is 9.96. The van der Waals surface area contributed by atoms with Crippen molar-refractivity contribution >= 4 is 29.3 Å². The Balaban J connectivity index is 1.40. The molecule has 0 radical (unpaired) electrons. The number of rotatable bonds is 5. The number of non-ortho nitro benzene ring substituents is 1. The van der Waals surface area contributed by atoms with E-state index in [0.717, 1.165) is 25.3 Å². The zero-order chi connectivity index (χ0) is 25.9. The van der Waals surface area contributed by atoms with Gasteiger partial charge in [-0.25, -0.2) is 9.59 Å². The molecule has 4 rings (SSSR count). The van der Waals surface area contributed by atoms with Crippen LogP contribution in [0.15, 0.2) is 42.5 Å². The van der Waals surface area contributed by atoms with Gasteiger partial charge in [0.2, 0.25) is 0 Å². The number of carbonyl (C=O) groups excluding carboxylic acids is 3. The van der Waals surface area contributed by atoms with Crippen LogP contribution in [-0.2, 0) is 4.74 Å². The summed E-state index contributed by atoms with van der Waals surface area (Å²) in [5.74, 6) is -0.526. The fourth-order valence-corrected chi connectivity index (χ4v) is 4.90. The summed E-state index contributed by atoms with van der Waals surface area (Å²) in [4.78, 5) is 52.1. The standard InChI is InChI=1S/C25H28N4O7/c1-35-21-6-4-3-5-20(21)26-24(32)27-10-7-25(8-11-27)9-12-28(16-25)22(30)17-13-18(23(31)36-2)15-19(14-17)29(33)34/h3-6,13-15H,7-12,16H2,1-2H3,(H,26,32). The summed E-state index contributed by atoms with van der Waals surface area (Å²) in [6.07, 6.45) is 2.25. The lowest BCUT2D eigenvalue weighted by molar-refractivity contribution is -0.384. The van der Waals surface area contributed by atoms with Crippen LogP contribution in [0.4, 0.5) is 16.2 Å². The molecule has 2 fully saturated rings. The first-order chi connectivity index (χ1) is 17.2. The van der Waals surface area contributed by atoms with Gasteiger partial charge in [0.1, 0.15) is 5.75 Å². The van der Waals surface area contributed by atoms with Crippen molar-refractivity contribution in [2.24, 2.45) is 5.41 Å². The third kappa shape index (κ3) is 5.09. The zero-order valence-corrected chi connectivity index (χ0v) is 20.2. The molecule has 2 aromatic carbocycles. The first kappa shape index (κ1) is 25.0. The minimum atomic E-state index is -0.746. The van der Waals surface area contributed by atoms with Crippen LogP contribution in [0, 0.1) is 15.5 Å². The Morgan fingerprint density at radius 2 is 1.61 bits per heavy atom. The van der Waals surface area contributed by atoms with Crippen LogP contribution in [0.5, 0.6) is 5.75 Å². The molecular weight excluding hydrogens is 468 g/mol. The van der Waals surface area contributed by atoms with Crippen LogP contribution in [0.25, 0.3) is 0 Å². The van der Waals surface area contributed by atoms with E-state index in [1.807, 2.05) is 12.1 Å². The van der Waals surface area contributed by atoms with Crippen LogP contribution in [0.3, 0.4) is 0 Å². The van der Waals surface area contributed by atoms with Crippen molar-refractivity contribution in [3.63, 3.8) is 0 Å². The summed E-state index contributed by atoms with van der Waals surface area (Å²) in [5, 5.41) is 14.2. The van der Waals surface area contributed by atoms with E-state index in [-0.39, 0.29) is 34.2 Å². The molecule has 3 amide bonds. The summed E-state index contributed by atoms with van der Waals surface area (Å²) >= 11 is 0. The number of carbonyl (C=O) groups is 3. The molecule has 0 unspecified atom stereocenters. The first-order valence-electron chi connectivity index (χ1n) is 11.6. The van der Waals surface area contributed by atoms with Crippen molar-refractivity contribution in [1.29, 1.82) is 0 Å². The molecule has 2 heterocycles. The first-order valence-corrected chi connectivity index (χ1v) is 11.6. The zero-order valence-electron chi connectivity index (χ0n) is 20.2. The number of ether oxygens (including phenoxy) is 2. The summed E-state index contributed by atoms with van der Waals surface area (Å²) in [6, 6.07) is 10.6. The number of para-hydroxylation sites is 2. The van der Waals surface area contributed by atoms with Crippen LogP contribution in [0.1, 0.15) is 40.0 Å². The molecule has 11 heteroatoms. The highest BCUT2D eigenvalue weighted by Gasteiger charge is 2.43. The lowest BCUT2D eigenvalue weighted by Gasteiger charge is -2.39. The Labute approximate surface area is 208 Å². The number of likely N-dealkylation sites (tertiary alicyclic amines) is 2. The predicted molar refractivity (Wildman–Crippen MR) is 130 cm³/mol. The Bertz CT molecular complexity index is 1190. The number of urea groups is 1. The van der Waals surface area contributed by atoms with E-state index >= 15 is 0 Å². The van der Waals surface area contributed by atoms with Gasteiger partial charge >= 0.3 is 12.0 Å². The number of nitro benzene ring substituents is 1. The van der Waals surface area contributed by atoms with E-state index in [9.17, 15) is 24.5 Å². The van der Waals surface area contributed by atoms with Crippen molar-refractivity contribution in [3.8, 4) is 5.75 Å². The third-order valence-corrected chi connectivity index (χ3v) is 6.98. The van der Waals surface area contributed by atoms with E-state index < -0.39 is 10.9 Å². The van der Waals surface area contributed by atoms with Crippen LogP contribution in [0.2, 0.25) is 0 Å². The van der Waals surface area contributed by atoms with Gasteiger partial charge in [0.15, 0.2) is 0 Å². The molecule has 2 aliphatic rings. The van der Waals surface area contributed by atoms with Gasteiger partial charge in [-0.2, -0.15) is 0 Å². The molecule has 0 saturated carbocycles. The Morgan fingerprint density at radius 3 is 2.25 bits per heavy atom. The lowest BCUT2D eigenvalue weighted by atomic mass is 9.78. The number of hydrogen-bond donors (Lipinski definition) is 1. The summed E-state index contributed by atoms with van der Waals surface area (Å²) in [7, 11) is 2.72. The number of anilines is 1. The number of nitrogens with one attached hydrogen (secondary N) is 1. The number of nitrogens with zero attached hydrogens (tertiary/aromatic N) is 3. The molecule has 1 N–H and O–H groups in total.